The van der Waals surface area contributed by atoms with Gasteiger partial charge in [-0.15, -0.1) is 0 Å². The summed E-state index contributed by atoms with van der Waals surface area (Å²) in [5, 5.41) is 6.07. The van der Waals surface area contributed by atoms with Gasteiger partial charge in [-0.3, -0.25) is 4.79 Å². The van der Waals surface area contributed by atoms with Crippen molar-refractivity contribution >= 4 is 11.5 Å². The van der Waals surface area contributed by atoms with E-state index in [2.05, 4.69) is 10.6 Å². The normalized spacial score (nSPS) is 19.6. The van der Waals surface area contributed by atoms with E-state index >= 15 is 0 Å². The summed E-state index contributed by atoms with van der Waals surface area (Å²) in [5.41, 5.74) is 1.99. The number of hydrogen-bond donors (Lipinski definition) is 2. The summed E-state index contributed by atoms with van der Waals surface area (Å²) in [6.45, 7) is 2.96. The summed E-state index contributed by atoms with van der Waals surface area (Å²) in [6.07, 6.45) is 2.03. The van der Waals surface area contributed by atoms with E-state index in [0.29, 0.717) is 6.54 Å². The average molecular weight is 234 g/mol. The Morgan fingerprint density at radius 3 is 2.76 bits per heavy atom. The van der Waals surface area contributed by atoms with E-state index in [9.17, 15) is 9.18 Å². The zero-order chi connectivity index (χ0) is 12.3. The van der Waals surface area contributed by atoms with Gasteiger partial charge >= 0.3 is 0 Å². The van der Waals surface area contributed by atoms with E-state index in [1.807, 2.05) is 6.08 Å². The highest BCUT2D eigenvalue weighted by Crippen LogP contribution is 2.20. The van der Waals surface area contributed by atoms with Crippen molar-refractivity contribution in [3.8, 4) is 0 Å². The van der Waals surface area contributed by atoms with Gasteiger partial charge in [-0.2, -0.15) is 0 Å². The molecule has 0 aliphatic carbocycles. The lowest BCUT2D eigenvalue weighted by Gasteiger charge is -2.26. The van der Waals surface area contributed by atoms with E-state index in [-0.39, 0.29) is 17.8 Å². The second-order valence-electron chi connectivity index (χ2n) is 4.08. The predicted molar refractivity (Wildman–Crippen MR) is 64.9 cm³/mol. The van der Waals surface area contributed by atoms with E-state index in [1.165, 1.54) is 19.1 Å². The Labute approximate surface area is 99.7 Å². The molecule has 1 aliphatic heterocycles. The molecule has 90 valence electrons. The van der Waals surface area contributed by atoms with Gasteiger partial charge in [0.2, 0.25) is 5.91 Å². The Kier molecular flexibility index (Phi) is 3.54. The Morgan fingerprint density at radius 2 is 2.12 bits per heavy atom. The molecule has 1 atom stereocenters. The summed E-state index contributed by atoms with van der Waals surface area (Å²) in [5.74, 6) is -0.314. The van der Waals surface area contributed by atoms with Crippen LogP contribution in [0.5, 0.6) is 0 Å². The van der Waals surface area contributed by atoms with Crippen molar-refractivity contribution in [3.05, 3.63) is 41.7 Å². The van der Waals surface area contributed by atoms with Crippen LogP contribution >= 0.6 is 0 Å². The summed E-state index contributed by atoms with van der Waals surface area (Å²) in [7, 11) is 0. The third-order valence-corrected chi connectivity index (χ3v) is 2.75. The molecule has 2 N–H and O–H groups in total. The van der Waals surface area contributed by atoms with Crippen LogP contribution in [-0.2, 0) is 4.79 Å². The molecule has 1 aliphatic rings. The Balaban J connectivity index is 2.24. The van der Waals surface area contributed by atoms with Gasteiger partial charge in [0.1, 0.15) is 5.82 Å². The number of carbonyl (C=O) groups is 1. The highest BCUT2D eigenvalue weighted by atomic mass is 19.1. The molecule has 2 rings (SSSR count). The van der Waals surface area contributed by atoms with Crippen LogP contribution in [0.1, 0.15) is 12.5 Å². The maximum Gasteiger partial charge on any atom is 0.217 e. The van der Waals surface area contributed by atoms with Crippen LogP contribution in [0.2, 0.25) is 0 Å². The van der Waals surface area contributed by atoms with Crippen molar-refractivity contribution in [3.63, 3.8) is 0 Å². The van der Waals surface area contributed by atoms with Crippen molar-refractivity contribution in [1.82, 2.24) is 10.6 Å². The van der Waals surface area contributed by atoms with Crippen LogP contribution in [0.4, 0.5) is 4.39 Å². The molecule has 0 aromatic heterocycles. The SMILES string of the molecule is CC(=O)NC1CNCC=C1c1ccc(F)cc1. The lowest BCUT2D eigenvalue weighted by atomic mass is 9.95. The molecular weight excluding hydrogens is 219 g/mol. The minimum atomic E-state index is -0.251. The number of carbonyl (C=O) groups excluding carboxylic acids is 1. The Hall–Kier alpha value is -1.68. The molecule has 0 bridgehead atoms. The van der Waals surface area contributed by atoms with Gasteiger partial charge < -0.3 is 10.6 Å². The van der Waals surface area contributed by atoms with Crippen LogP contribution in [0.15, 0.2) is 30.3 Å². The minimum absolute atomic E-state index is 0.0493. The van der Waals surface area contributed by atoms with Crippen LogP contribution in [0, 0.1) is 5.82 Å². The summed E-state index contributed by atoms with van der Waals surface area (Å²) in [4.78, 5) is 11.1. The van der Waals surface area contributed by atoms with Gasteiger partial charge in [-0.1, -0.05) is 18.2 Å². The first kappa shape index (κ1) is 11.8. The Bertz CT molecular complexity index is 439. The number of benzene rings is 1. The zero-order valence-corrected chi connectivity index (χ0v) is 9.66. The third kappa shape index (κ3) is 2.91. The first-order chi connectivity index (χ1) is 8.16. The maximum absolute atomic E-state index is 12.9. The van der Waals surface area contributed by atoms with E-state index in [4.69, 9.17) is 0 Å². The topological polar surface area (TPSA) is 41.1 Å². The summed E-state index contributed by atoms with van der Waals surface area (Å²) in [6, 6.07) is 6.29. The second-order valence-corrected chi connectivity index (χ2v) is 4.08. The fourth-order valence-corrected chi connectivity index (χ4v) is 2.00. The molecule has 17 heavy (non-hydrogen) atoms. The van der Waals surface area contributed by atoms with Crippen LogP contribution in [0.25, 0.3) is 5.57 Å². The first-order valence-corrected chi connectivity index (χ1v) is 5.60. The Morgan fingerprint density at radius 1 is 1.41 bits per heavy atom. The average Bonchev–Trinajstić information content (AvgIpc) is 2.30. The monoisotopic (exact) mass is 234 g/mol. The van der Waals surface area contributed by atoms with Crippen molar-refractivity contribution in [2.45, 2.75) is 13.0 Å². The first-order valence-electron chi connectivity index (χ1n) is 5.60. The van der Waals surface area contributed by atoms with E-state index in [0.717, 1.165) is 17.7 Å². The number of hydrogen-bond acceptors (Lipinski definition) is 2. The zero-order valence-electron chi connectivity index (χ0n) is 9.66. The number of amides is 1. The van der Waals surface area contributed by atoms with Crippen LogP contribution < -0.4 is 10.6 Å². The van der Waals surface area contributed by atoms with Gasteiger partial charge in [0.15, 0.2) is 0 Å². The molecule has 0 spiro atoms. The van der Waals surface area contributed by atoms with Crippen molar-refractivity contribution < 1.29 is 9.18 Å². The van der Waals surface area contributed by atoms with Crippen LogP contribution in [0.3, 0.4) is 0 Å². The number of halogens is 1. The molecule has 0 saturated heterocycles. The quantitative estimate of drug-likeness (QED) is 0.810. The molecule has 1 aromatic carbocycles. The van der Waals surface area contributed by atoms with E-state index in [1.54, 1.807) is 12.1 Å². The van der Waals surface area contributed by atoms with Gasteiger partial charge in [-0.05, 0) is 23.3 Å². The van der Waals surface area contributed by atoms with Crippen molar-refractivity contribution in [2.75, 3.05) is 13.1 Å². The number of rotatable bonds is 2. The van der Waals surface area contributed by atoms with Gasteiger partial charge in [-0.25, -0.2) is 4.39 Å². The minimum Gasteiger partial charge on any atom is -0.348 e. The largest absolute Gasteiger partial charge is 0.348 e. The lowest BCUT2D eigenvalue weighted by Crippen LogP contribution is -2.44. The van der Waals surface area contributed by atoms with E-state index < -0.39 is 0 Å². The van der Waals surface area contributed by atoms with Gasteiger partial charge in [0.05, 0.1) is 6.04 Å². The molecule has 4 heteroatoms. The molecule has 1 aromatic rings. The highest BCUT2D eigenvalue weighted by Gasteiger charge is 2.19. The van der Waals surface area contributed by atoms with Crippen molar-refractivity contribution in [1.29, 1.82) is 0 Å². The molecule has 1 unspecified atom stereocenters. The molecule has 0 fully saturated rings. The highest BCUT2D eigenvalue weighted by molar-refractivity contribution is 5.79. The second kappa shape index (κ2) is 5.10. The molecular formula is C13H15FN2O. The fourth-order valence-electron chi connectivity index (χ4n) is 2.00. The third-order valence-electron chi connectivity index (χ3n) is 2.75. The van der Waals surface area contributed by atoms with Crippen LogP contribution in [-0.4, -0.2) is 25.0 Å². The molecule has 1 heterocycles. The molecule has 0 radical (unpaired) electrons. The molecule has 0 saturated carbocycles. The molecule has 1 amide bonds. The van der Waals surface area contributed by atoms with Gasteiger partial charge in [0.25, 0.3) is 0 Å². The smallest absolute Gasteiger partial charge is 0.217 e. The van der Waals surface area contributed by atoms with Crippen molar-refractivity contribution in [2.24, 2.45) is 0 Å². The molecule has 3 nitrogen and oxygen atoms in total. The standard InChI is InChI=1S/C13H15FN2O/c1-9(17)16-13-8-15-7-6-12(13)10-2-4-11(14)5-3-10/h2-6,13,15H,7-8H2,1H3,(H,16,17). The summed E-state index contributed by atoms with van der Waals surface area (Å²) < 4.78 is 12.9. The van der Waals surface area contributed by atoms with Gasteiger partial charge in [0, 0.05) is 20.0 Å². The summed E-state index contributed by atoms with van der Waals surface area (Å²) >= 11 is 0. The lowest BCUT2D eigenvalue weighted by molar-refractivity contribution is -0.119. The fraction of sp³-hybridized carbons (Fsp3) is 0.308. The maximum atomic E-state index is 12.9. The number of nitrogens with one attached hydrogen (secondary N) is 2. The predicted octanol–water partition coefficient (Wildman–Crippen LogP) is 1.32.